The van der Waals surface area contributed by atoms with Gasteiger partial charge in [0.25, 0.3) is 5.91 Å². The molecule has 2 N–H and O–H groups in total. The maximum atomic E-state index is 12.4. The molecule has 5 rings (SSSR count). The number of hydrogen-bond acceptors (Lipinski definition) is 3. The van der Waals surface area contributed by atoms with Crippen molar-refractivity contribution >= 4 is 5.91 Å². The van der Waals surface area contributed by atoms with Gasteiger partial charge in [-0.05, 0) is 55.7 Å². The molecule has 5 heteroatoms. The second-order valence-corrected chi connectivity index (χ2v) is 8.54. The molecule has 2 heterocycles. The van der Waals surface area contributed by atoms with E-state index in [4.69, 9.17) is 0 Å². The monoisotopic (exact) mass is 401 g/mol. The predicted octanol–water partition coefficient (Wildman–Crippen LogP) is 4.19. The molecular formula is C25H27N3O2. The van der Waals surface area contributed by atoms with Crippen molar-refractivity contribution in [2.24, 2.45) is 5.92 Å². The molecular weight excluding hydrogens is 374 g/mol. The molecule has 30 heavy (non-hydrogen) atoms. The molecule has 0 bridgehead atoms. The highest BCUT2D eigenvalue weighted by Gasteiger charge is 2.33. The number of carbonyl (C=O) groups is 1. The highest BCUT2D eigenvalue weighted by molar-refractivity contribution is 5.94. The molecule has 5 nitrogen and oxygen atoms in total. The SMILES string of the molecule is O=C(N[C@H]1CC[C@H](C(O)CC2c3ccccc3-c3cncn32)CC1)c1ccccc1. The first-order valence-corrected chi connectivity index (χ1v) is 10.9. The van der Waals surface area contributed by atoms with Crippen LogP contribution in [0, 0.1) is 5.92 Å². The van der Waals surface area contributed by atoms with Crippen LogP contribution in [-0.2, 0) is 0 Å². The van der Waals surface area contributed by atoms with Crippen molar-refractivity contribution in [2.45, 2.75) is 50.3 Å². The van der Waals surface area contributed by atoms with Crippen molar-refractivity contribution in [1.29, 1.82) is 0 Å². The molecule has 2 aliphatic rings. The molecule has 0 spiro atoms. The van der Waals surface area contributed by atoms with Crippen LogP contribution in [0.25, 0.3) is 11.3 Å². The minimum absolute atomic E-state index is 0.00482. The topological polar surface area (TPSA) is 67.2 Å². The number of nitrogens with zero attached hydrogens (tertiary/aromatic N) is 2. The van der Waals surface area contributed by atoms with Crippen LogP contribution in [-0.4, -0.2) is 32.7 Å². The first kappa shape index (κ1) is 19.1. The van der Waals surface area contributed by atoms with Crippen LogP contribution in [0.2, 0.25) is 0 Å². The Labute approximate surface area is 176 Å². The lowest BCUT2D eigenvalue weighted by molar-refractivity contribution is 0.0615. The van der Waals surface area contributed by atoms with E-state index in [1.807, 2.05) is 42.9 Å². The highest BCUT2D eigenvalue weighted by atomic mass is 16.3. The van der Waals surface area contributed by atoms with E-state index in [0.717, 1.165) is 31.4 Å². The van der Waals surface area contributed by atoms with Gasteiger partial charge in [-0.3, -0.25) is 4.79 Å². The number of nitrogens with one attached hydrogen (secondary N) is 1. The molecule has 2 atom stereocenters. The van der Waals surface area contributed by atoms with Gasteiger partial charge in [0.2, 0.25) is 0 Å². The molecule has 1 aromatic heterocycles. The van der Waals surface area contributed by atoms with Gasteiger partial charge in [0.05, 0.1) is 30.4 Å². The van der Waals surface area contributed by atoms with Crippen molar-refractivity contribution in [2.75, 3.05) is 0 Å². The van der Waals surface area contributed by atoms with E-state index in [9.17, 15) is 9.90 Å². The van der Waals surface area contributed by atoms with Gasteiger partial charge in [0, 0.05) is 17.2 Å². The number of rotatable bonds is 5. The van der Waals surface area contributed by atoms with Gasteiger partial charge in [0.15, 0.2) is 0 Å². The van der Waals surface area contributed by atoms with Crippen LogP contribution in [0.3, 0.4) is 0 Å². The number of carbonyl (C=O) groups excluding carboxylic acids is 1. The summed E-state index contributed by atoms with van der Waals surface area (Å²) in [5.41, 5.74) is 4.34. The van der Waals surface area contributed by atoms with Gasteiger partial charge in [-0.1, -0.05) is 42.5 Å². The van der Waals surface area contributed by atoms with Crippen molar-refractivity contribution in [3.8, 4) is 11.3 Å². The molecule has 0 saturated heterocycles. The van der Waals surface area contributed by atoms with E-state index in [-0.39, 0.29) is 30.0 Å². The summed E-state index contributed by atoms with van der Waals surface area (Å²) in [4.78, 5) is 16.7. The van der Waals surface area contributed by atoms with E-state index < -0.39 is 0 Å². The molecule has 1 aliphatic carbocycles. The second-order valence-electron chi connectivity index (χ2n) is 8.54. The molecule has 3 aromatic rings. The van der Waals surface area contributed by atoms with Crippen LogP contribution < -0.4 is 5.32 Å². The fourth-order valence-corrected chi connectivity index (χ4v) is 5.10. The Hall–Kier alpha value is -2.92. The number of aliphatic hydroxyl groups excluding tert-OH is 1. The lowest BCUT2D eigenvalue weighted by Crippen LogP contribution is -2.39. The third-order valence-electron chi connectivity index (χ3n) is 6.75. The summed E-state index contributed by atoms with van der Waals surface area (Å²) < 4.78 is 2.19. The summed E-state index contributed by atoms with van der Waals surface area (Å²) in [5, 5.41) is 14.2. The second kappa shape index (κ2) is 8.07. The zero-order valence-electron chi connectivity index (χ0n) is 16.9. The first-order valence-electron chi connectivity index (χ1n) is 10.9. The maximum Gasteiger partial charge on any atom is 0.251 e. The minimum atomic E-state index is -0.359. The molecule has 1 saturated carbocycles. The zero-order valence-corrected chi connectivity index (χ0v) is 16.9. The smallest absolute Gasteiger partial charge is 0.251 e. The molecule has 154 valence electrons. The number of fused-ring (bicyclic) bond motifs is 3. The summed E-state index contributed by atoms with van der Waals surface area (Å²) in [7, 11) is 0. The third kappa shape index (κ3) is 3.54. The van der Waals surface area contributed by atoms with Crippen molar-refractivity contribution in [3.05, 3.63) is 78.2 Å². The fraction of sp³-hybridized carbons (Fsp3) is 0.360. The average molecular weight is 402 g/mol. The zero-order chi connectivity index (χ0) is 20.5. The summed E-state index contributed by atoms with van der Waals surface area (Å²) in [6, 6.07) is 18.1. The molecule has 1 fully saturated rings. The lowest BCUT2D eigenvalue weighted by atomic mass is 9.80. The Morgan fingerprint density at radius 3 is 2.60 bits per heavy atom. The van der Waals surface area contributed by atoms with Crippen LogP contribution in [0.4, 0.5) is 0 Å². The number of imidazole rings is 1. The number of aromatic nitrogens is 2. The minimum Gasteiger partial charge on any atom is -0.393 e. The van der Waals surface area contributed by atoms with Gasteiger partial charge < -0.3 is 15.0 Å². The molecule has 1 aliphatic heterocycles. The third-order valence-corrected chi connectivity index (χ3v) is 6.75. The maximum absolute atomic E-state index is 12.4. The van der Waals surface area contributed by atoms with Gasteiger partial charge >= 0.3 is 0 Å². The van der Waals surface area contributed by atoms with Crippen LogP contribution in [0.5, 0.6) is 0 Å². The Balaban J connectivity index is 1.19. The Morgan fingerprint density at radius 1 is 1.07 bits per heavy atom. The average Bonchev–Trinajstić information content (AvgIpc) is 3.37. The largest absolute Gasteiger partial charge is 0.393 e. The Morgan fingerprint density at radius 2 is 1.80 bits per heavy atom. The Bertz CT molecular complexity index is 1020. The van der Waals surface area contributed by atoms with Gasteiger partial charge in [0.1, 0.15) is 0 Å². The van der Waals surface area contributed by atoms with Gasteiger partial charge in [-0.25, -0.2) is 4.98 Å². The van der Waals surface area contributed by atoms with E-state index in [2.05, 4.69) is 39.1 Å². The number of amides is 1. The summed E-state index contributed by atoms with van der Waals surface area (Å²) in [6.07, 6.45) is 7.83. The Kier molecular flexibility index (Phi) is 5.13. The molecule has 2 unspecified atom stereocenters. The molecule has 0 radical (unpaired) electrons. The number of aliphatic hydroxyl groups is 1. The quantitative estimate of drug-likeness (QED) is 0.674. The molecule has 2 aromatic carbocycles. The lowest BCUT2D eigenvalue weighted by Gasteiger charge is -2.33. The first-order chi connectivity index (χ1) is 14.7. The van der Waals surface area contributed by atoms with Crippen LogP contribution in [0.15, 0.2) is 67.1 Å². The van der Waals surface area contributed by atoms with Crippen molar-refractivity contribution in [1.82, 2.24) is 14.9 Å². The van der Waals surface area contributed by atoms with E-state index in [1.165, 1.54) is 11.1 Å². The van der Waals surface area contributed by atoms with E-state index in [1.54, 1.807) is 0 Å². The van der Waals surface area contributed by atoms with E-state index in [0.29, 0.717) is 12.0 Å². The standard InChI is InChI=1S/C25H27N3O2/c29-24(14-22-20-8-4-5-9-21(20)23-15-26-16-28(22)23)17-10-12-19(13-11-17)27-25(30)18-6-2-1-3-7-18/h1-9,15-17,19,22,24,29H,10-14H2,(H,27,30)/t17-,19-,22?,24?. The van der Waals surface area contributed by atoms with Crippen molar-refractivity contribution in [3.63, 3.8) is 0 Å². The highest BCUT2D eigenvalue weighted by Crippen LogP contribution is 2.42. The van der Waals surface area contributed by atoms with Gasteiger partial charge in [-0.2, -0.15) is 0 Å². The summed E-state index contributed by atoms with van der Waals surface area (Å²) >= 11 is 0. The molecule has 1 amide bonds. The number of benzene rings is 2. The van der Waals surface area contributed by atoms with Gasteiger partial charge in [-0.15, -0.1) is 0 Å². The van der Waals surface area contributed by atoms with E-state index >= 15 is 0 Å². The summed E-state index contributed by atoms with van der Waals surface area (Å²) in [5.74, 6) is 0.268. The predicted molar refractivity (Wildman–Crippen MR) is 116 cm³/mol. The van der Waals surface area contributed by atoms with Crippen molar-refractivity contribution < 1.29 is 9.90 Å². The van der Waals surface area contributed by atoms with Crippen LogP contribution in [0.1, 0.15) is 54.1 Å². The van der Waals surface area contributed by atoms with Crippen LogP contribution >= 0.6 is 0 Å². The fourth-order valence-electron chi connectivity index (χ4n) is 5.10. The normalized spacial score (nSPS) is 23.4. The number of hydrogen-bond donors (Lipinski definition) is 2. The summed E-state index contributed by atoms with van der Waals surface area (Å²) in [6.45, 7) is 0.